The minimum Gasteiger partial charge on any atom is -0.502 e. The number of amides is 1. The minimum absolute atomic E-state index is 0.0349. The summed E-state index contributed by atoms with van der Waals surface area (Å²) in [7, 11) is 0. The smallest absolute Gasteiger partial charge is 0.278 e. The first-order valence-electron chi connectivity index (χ1n) is 11.6. The molecule has 4 aliphatic heterocycles. The third-order valence-corrected chi connectivity index (χ3v) is 8.29. The molecule has 0 radical (unpaired) electrons. The number of rotatable bonds is 1. The highest BCUT2D eigenvalue weighted by molar-refractivity contribution is 7.98. The maximum absolute atomic E-state index is 15.3. The van der Waals surface area contributed by atoms with Crippen LogP contribution in [-0.4, -0.2) is 53.3 Å². The van der Waals surface area contributed by atoms with E-state index < -0.39 is 40.9 Å². The Morgan fingerprint density at radius 2 is 1.89 bits per heavy atom. The van der Waals surface area contributed by atoms with E-state index in [0.29, 0.717) is 27.5 Å². The fraction of sp³-hybridized carbons (Fsp3) is 0.280. The maximum atomic E-state index is 15.3. The molecule has 0 unspecified atom stereocenters. The van der Waals surface area contributed by atoms with Gasteiger partial charge >= 0.3 is 0 Å². The minimum atomic E-state index is -0.966. The number of thioether (sulfide) groups is 1. The lowest BCUT2D eigenvalue weighted by atomic mass is 9.92. The number of carbonyl (C=O) groups is 1. The van der Waals surface area contributed by atoms with E-state index in [4.69, 9.17) is 14.2 Å². The van der Waals surface area contributed by atoms with Crippen molar-refractivity contribution in [3.8, 4) is 17.2 Å². The van der Waals surface area contributed by atoms with Crippen molar-refractivity contribution in [1.29, 1.82) is 0 Å². The Balaban J connectivity index is 1.55. The Morgan fingerprint density at radius 1 is 1.05 bits per heavy atom. The molecule has 2 aromatic carbocycles. The molecule has 7 rings (SSSR count). The summed E-state index contributed by atoms with van der Waals surface area (Å²) in [6, 6.07) is 6.60. The zero-order chi connectivity index (χ0) is 25.4. The van der Waals surface area contributed by atoms with Gasteiger partial charge in [0.2, 0.25) is 12.2 Å². The monoisotopic (exact) mass is 527 g/mol. The van der Waals surface area contributed by atoms with Crippen LogP contribution in [0.4, 0.5) is 8.78 Å². The van der Waals surface area contributed by atoms with Crippen molar-refractivity contribution < 1.29 is 32.9 Å². The number of aromatic nitrogens is 1. The van der Waals surface area contributed by atoms with Gasteiger partial charge < -0.3 is 24.2 Å². The standard InChI is InChI=1S/C25H19F2N3O6S/c26-15-3-1-12-14(19(15)27)10-37-24-13(2-4-17-23(24)36-11-35-17)20(12)30-18-9-34-8-7-28(18)25(33)21-22(32)16(31)5-6-29(21)30/h1-6,18,20,32H,7-11H2/t18-,20+/m1/s1. The van der Waals surface area contributed by atoms with Gasteiger partial charge in [0.05, 0.1) is 24.2 Å². The first-order valence-corrected chi connectivity index (χ1v) is 12.6. The Kier molecular flexibility index (Phi) is 4.92. The van der Waals surface area contributed by atoms with Crippen LogP contribution in [0.5, 0.6) is 17.2 Å². The van der Waals surface area contributed by atoms with E-state index in [0.717, 1.165) is 12.1 Å². The predicted octanol–water partition coefficient (Wildman–Crippen LogP) is 2.71. The van der Waals surface area contributed by atoms with Crippen molar-refractivity contribution >= 4 is 17.7 Å². The van der Waals surface area contributed by atoms with Crippen LogP contribution in [0, 0.1) is 11.6 Å². The van der Waals surface area contributed by atoms with Gasteiger partial charge in [0.15, 0.2) is 34.6 Å². The molecule has 37 heavy (non-hydrogen) atoms. The van der Waals surface area contributed by atoms with Crippen molar-refractivity contribution in [2.75, 3.05) is 31.6 Å². The number of halogens is 2. The number of morpholine rings is 1. The number of nitrogens with zero attached hydrogens (tertiary/aromatic N) is 3. The molecular formula is C25H19F2N3O6S. The number of benzene rings is 2. The summed E-state index contributed by atoms with van der Waals surface area (Å²) >= 11 is 1.31. The number of aromatic hydroxyl groups is 1. The van der Waals surface area contributed by atoms with E-state index in [2.05, 4.69) is 0 Å². The highest BCUT2D eigenvalue weighted by Gasteiger charge is 2.46. The predicted molar refractivity (Wildman–Crippen MR) is 127 cm³/mol. The number of hydrogen-bond donors (Lipinski definition) is 1. The van der Waals surface area contributed by atoms with Crippen LogP contribution in [-0.2, 0) is 10.5 Å². The molecule has 9 nitrogen and oxygen atoms in total. The lowest BCUT2D eigenvalue weighted by Crippen LogP contribution is -2.66. The molecule has 0 bridgehead atoms. The fourth-order valence-corrected chi connectivity index (χ4v) is 6.68. The summed E-state index contributed by atoms with van der Waals surface area (Å²) in [5.41, 5.74) is 0.468. The van der Waals surface area contributed by atoms with Gasteiger partial charge in [-0.2, -0.15) is 0 Å². The van der Waals surface area contributed by atoms with E-state index >= 15 is 4.39 Å². The molecule has 1 fully saturated rings. The molecule has 1 amide bonds. The maximum Gasteiger partial charge on any atom is 0.278 e. The quantitative estimate of drug-likeness (QED) is 0.517. The van der Waals surface area contributed by atoms with Gasteiger partial charge in [0, 0.05) is 30.1 Å². The first-order chi connectivity index (χ1) is 18.0. The fourth-order valence-electron chi connectivity index (χ4n) is 5.47. The second-order valence-electron chi connectivity index (χ2n) is 8.99. The molecule has 4 aliphatic rings. The van der Waals surface area contributed by atoms with E-state index in [1.54, 1.807) is 11.1 Å². The van der Waals surface area contributed by atoms with Crippen molar-refractivity contribution in [2.45, 2.75) is 22.9 Å². The van der Waals surface area contributed by atoms with Gasteiger partial charge in [0.1, 0.15) is 6.17 Å². The van der Waals surface area contributed by atoms with Gasteiger partial charge in [-0.05, 0) is 23.3 Å². The van der Waals surface area contributed by atoms with Crippen molar-refractivity contribution in [3.05, 3.63) is 80.8 Å². The Labute approximate surface area is 212 Å². The van der Waals surface area contributed by atoms with Gasteiger partial charge in [0.25, 0.3) is 5.91 Å². The van der Waals surface area contributed by atoms with E-state index in [1.165, 1.54) is 33.6 Å². The number of pyridine rings is 1. The van der Waals surface area contributed by atoms with Gasteiger partial charge in [-0.25, -0.2) is 8.78 Å². The summed E-state index contributed by atoms with van der Waals surface area (Å²) in [6.07, 6.45) is 0.744. The van der Waals surface area contributed by atoms with Crippen LogP contribution in [0.25, 0.3) is 0 Å². The molecule has 1 aromatic heterocycles. The first kappa shape index (κ1) is 22.4. The highest BCUT2D eigenvalue weighted by atomic mass is 32.2. The lowest BCUT2D eigenvalue weighted by molar-refractivity contribution is -0.0198. The second-order valence-corrected chi connectivity index (χ2v) is 9.98. The third-order valence-electron chi connectivity index (χ3n) is 7.15. The molecule has 0 aliphatic carbocycles. The molecule has 3 aromatic rings. The van der Waals surface area contributed by atoms with Crippen LogP contribution in [0.15, 0.2) is 46.2 Å². The number of fused-ring (bicyclic) bond motifs is 6. The number of ether oxygens (including phenoxy) is 3. The Hall–Kier alpha value is -3.77. The molecule has 2 atom stereocenters. The van der Waals surface area contributed by atoms with Crippen LogP contribution in [0.2, 0.25) is 0 Å². The van der Waals surface area contributed by atoms with Crippen LogP contribution in [0.3, 0.4) is 0 Å². The average Bonchev–Trinajstić information content (AvgIpc) is 3.32. The normalized spacial score (nSPS) is 21.6. The summed E-state index contributed by atoms with van der Waals surface area (Å²) < 4.78 is 48.2. The molecular weight excluding hydrogens is 508 g/mol. The van der Waals surface area contributed by atoms with Crippen molar-refractivity contribution in [2.24, 2.45) is 0 Å². The average molecular weight is 528 g/mol. The molecule has 190 valence electrons. The van der Waals surface area contributed by atoms with Crippen LogP contribution < -0.4 is 19.9 Å². The summed E-state index contributed by atoms with van der Waals surface area (Å²) in [6.45, 7) is 0.663. The van der Waals surface area contributed by atoms with Crippen LogP contribution >= 0.6 is 11.8 Å². The largest absolute Gasteiger partial charge is 0.502 e. The Bertz CT molecular complexity index is 1550. The lowest BCUT2D eigenvalue weighted by Gasteiger charge is -2.51. The van der Waals surface area contributed by atoms with E-state index in [-0.39, 0.29) is 43.6 Å². The van der Waals surface area contributed by atoms with E-state index in [1.807, 2.05) is 6.07 Å². The van der Waals surface area contributed by atoms with Gasteiger partial charge in [-0.15, -0.1) is 11.8 Å². The summed E-state index contributed by atoms with van der Waals surface area (Å²) in [5.74, 6) is -1.94. The molecule has 0 saturated carbocycles. The molecule has 0 spiro atoms. The third kappa shape index (κ3) is 3.12. The zero-order valence-corrected chi connectivity index (χ0v) is 20.0. The molecule has 1 N–H and O–H groups in total. The number of carbonyl (C=O) groups excluding carboxylic acids is 1. The molecule has 12 heteroatoms. The highest BCUT2D eigenvalue weighted by Crippen LogP contribution is 2.51. The summed E-state index contributed by atoms with van der Waals surface area (Å²) in [5, 5.41) is 12.5. The van der Waals surface area contributed by atoms with Crippen molar-refractivity contribution in [3.63, 3.8) is 0 Å². The Morgan fingerprint density at radius 3 is 2.76 bits per heavy atom. The van der Waals surface area contributed by atoms with Gasteiger partial charge in [-0.1, -0.05) is 12.1 Å². The zero-order valence-electron chi connectivity index (χ0n) is 19.1. The second kappa shape index (κ2) is 8.12. The number of hydrogen-bond acceptors (Lipinski definition) is 8. The van der Waals surface area contributed by atoms with Crippen molar-refractivity contribution in [1.82, 2.24) is 9.58 Å². The molecule has 5 heterocycles. The molecule has 1 saturated heterocycles. The topological polar surface area (TPSA) is 93.5 Å². The van der Waals surface area contributed by atoms with Gasteiger partial charge in [-0.3, -0.25) is 19.3 Å². The van der Waals surface area contributed by atoms with E-state index in [9.17, 15) is 19.1 Å². The SMILES string of the molecule is O=C1c2c(O)c(=O)ccn2N([C@H]2c3ccc(F)c(F)c3CSc3c2ccc2c3OCO2)[C@@H]2COCCN12. The van der Waals surface area contributed by atoms with Crippen LogP contribution in [0.1, 0.15) is 33.2 Å². The summed E-state index contributed by atoms with van der Waals surface area (Å²) in [4.78, 5) is 28.0.